The maximum Gasteiger partial charge on any atom is 0.325 e. The lowest BCUT2D eigenvalue weighted by molar-refractivity contribution is -0.139. The van der Waals surface area contributed by atoms with E-state index < -0.39 is 25.6 Å². The van der Waals surface area contributed by atoms with E-state index in [1.807, 2.05) is 6.92 Å². The first kappa shape index (κ1) is 20.4. The number of rotatable bonds is 8. The Morgan fingerprint density at radius 1 is 1.21 bits per heavy atom. The van der Waals surface area contributed by atoms with Crippen molar-refractivity contribution >= 4 is 19.5 Å². The molecular weight excluding hydrogens is 277 g/mol. The van der Waals surface area contributed by atoms with Gasteiger partial charge >= 0.3 is 19.5 Å². The lowest BCUT2D eigenvalue weighted by Crippen LogP contribution is -2.29. The molecule has 0 saturated heterocycles. The second-order valence-corrected chi connectivity index (χ2v) is 5.75. The van der Waals surface area contributed by atoms with E-state index in [1.165, 1.54) is 0 Å². The number of hydrogen-bond acceptors (Lipinski definition) is 4. The smallest absolute Gasteiger partial charge is 0.325 e. The van der Waals surface area contributed by atoms with Crippen LogP contribution in [0, 0.1) is 0 Å². The Kier molecular flexibility index (Phi) is 11.7. The highest BCUT2D eigenvalue weighted by molar-refractivity contribution is 7.51. The van der Waals surface area contributed by atoms with E-state index in [1.54, 1.807) is 0 Å². The number of unbranched alkanes of at least 4 members (excludes halogenated alkanes) is 1. The molecule has 1 unspecified atom stereocenters. The standard InChI is InChI=1S/C5H12NO5P.C5H10O2/c6-4(5(7)8)2-1-3-12(9,10)11;1-2-3-4-5(6)7/h4H,1-3,6H2,(H,7,8)(H2,9,10,11);2-4H2,1H3,(H,6,7). The zero-order chi connectivity index (χ0) is 15.5. The first-order valence-electron chi connectivity index (χ1n) is 5.85. The van der Waals surface area contributed by atoms with Crippen molar-refractivity contribution in [2.75, 3.05) is 6.16 Å². The fraction of sp³-hybridized carbons (Fsp3) is 0.800. The number of carboxylic acid groups (broad SMARTS) is 2. The summed E-state index contributed by atoms with van der Waals surface area (Å²) in [6, 6.07) is -1.03. The van der Waals surface area contributed by atoms with Crippen LogP contribution in [0.3, 0.4) is 0 Å². The predicted molar refractivity (Wildman–Crippen MR) is 68.9 cm³/mol. The van der Waals surface area contributed by atoms with Crippen molar-refractivity contribution in [3.8, 4) is 0 Å². The monoisotopic (exact) mass is 299 g/mol. The number of nitrogens with two attached hydrogens (primary N) is 1. The SMILES string of the molecule is CCCCC(=O)O.NC(CCCP(=O)(O)O)C(=O)O. The van der Waals surface area contributed by atoms with Gasteiger partial charge in [-0.2, -0.15) is 0 Å². The van der Waals surface area contributed by atoms with Crippen molar-refractivity contribution in [1.82, 2.24) is 0 Å². The second-order valence-electron chi connectivity index (χ2n) is 3.97. The average molecular weight is 299 g/mol. The zero-order valence-electron chi connectivity index (χ0n) is 10.9. The molecule has 1 atom stereocenters. The maximum absolute atomic E-state index is 10.3. The molecular formula is C10H22NO7P. The lowest BCUT2D eigenvalue weighted by atomic mass is 10.2. The van der Waals surface area contributed by atoms with Crippen molar-refractivity contribution in [2.45, 2.75) is 45.1 Å². The molecule has 8 nitrogen and oxygen atoms in total. The molecule has 0 aromatic carbocycles. The topological polar surface area (TPSA) is 158 Å². The van der Waals surface area contributed by atoms with Gasteiger partial charge in [-0.25, -0.2) is 0 Å². The van der Waals surface area contributed by atoms with Gasteiger partial charge in [-0.3, -0.25) is 14.2 Å². The first-order chi connectivity index (χ1) is 8.60. The highest BCUT2D eigenvalue weighted by Gasteiger charge is 2.16. The Morgan fingerprint density at radius 2 is 1.74 bits per heavy atom. The summed E-state index contributed by atoms with van der Waals surface area (Å²) in [5.74, 6) is -1.84. The summed E-state index contributed by atoms with van der Waals surface area (Å²) in [5, 5.41) is 16.3. The van der Waals surface area contributed by atoms with E-state index in [0.717, 1.165) is 12.8 Å². The quantitative estimate of drug-likeness (QED) is 0.408. The van der Waals surface area contributed by atoms with Crippen LogP contribution in [0.2, 0.25) is 0 Å². The lowest BCUT2D eigenvalue weighted by Gasteiger charge is -2.06. The molecule has 0 aliphatic heterocycles. The van der Waals surface area contributed by atoms with Crippen LogP contribution in [-0.2, 0) is 14.2 Å². The van der Waals surface area contributed by atoms with Gasteiger partial charge in [-0.05, 0) is 19.3 Å². The fourth-order valence-electron chi connectivity index (χ4n) is 0.969. The van der Waals surface area contributed by atoms with Crippen molar-refractivity contribution < 1.29 is 34.2 Å². The van der Waals surface area contributed by atoms with E-state index in [2.05, 4.69) is 0 Å². The summed E-state index contributed by atoms with van der Waals surface area (Å²) in [6.45, 7) is 1.98. The normalized spacial score (nSPS) is 12.2. The van der Waals surface area contributed by atoms with Crippen LogP contribution in [0.5, 0.6) is 0 Å². The summed E-state index contributed by atoms with van der Waals surface area (Å²) in [6.07, 6.45) is 1.98. The van der Waals surface area contributed by atoms with E-state index in [0.29, 0.717) is 6.42 Å². The average Bonchev–Trinajstić information content (AvgIpc) is 2.25. The summed E-state index contributed by atoms with van der Waals surface area (Å²) < 4.78 is 10.3. The zero-order valence-corrected chi connectivity index (χ0v) is 11.8. The van der Waals surface area contributed by atoms with Crippen LogP contribution in [0.1, 0.15) is 39.0 Å². The number of carboxylic acids is 2. The van der Waals surface area contributed by atoms with Crippen molar-refractivity contribution in [2.24, 2.45) is 5.73 Å². The molecule has 6 N–H and O–H groups in total. The minimum absolute atomic E-state index is 0.0838. The third-order valence-electron chi connectivity index (χ3n) is 2.03. The van der Waals surface area contributed by atoms with Crippen LogP contribution < -0.4 is 5.73 Å². The number of carbonyl (C=O) groups is 2. The van der Waals surface area contributed by atoms with Crippen molar-refractivity contribution in [3.63, 3.8) is 0 Å². The van der Waals surface area contributed by atoms with E-state index in [4.69, 9.17) is 25.7 Å². The minimum Gasteiger partial charge on any atom is -0.481 e. The summed E-state index contributed by atoms with van der Waals surface area (Å²) >= 11 is 0. The molecule has 0 saturated carbocycles. The van der Waals surface area contributed by atoms with Crippen LogP contribution in [0.25, 0.3) is 0 Å². The molecule has 0 rings (SSSR count). The molecule has 0 aromatic heterocycles. The highest BCUT2D eigenvalue weighted by Crippen LogP contribution is 2.35. The fourth-order valence-corrected chi connectivity index (χ4v) is 1.56. The van der Waals surface area contributed by atoms with E-state index >= 15 is 0 Å². The minimum atomic E-state index is -4.00. The summed E-state index contributed by atoms with van der Waals surface area (Å²) in [7, 11) is -4.00. The van der Waals surface area contributed by atoms with Gasteiger partial charge in [-0.1, -0.05) is 13.3 Å². The Hall–Kier alpha value is -0.950. The van der Waals surface area contributed by atoms with Gasteiger partial charge in [0.2, 0.25) is 0 Å². The summed E-state index contributed by atoms with van der Waals surface area (Å²) in [5.41, 5.74) is 5.09. The third-order valence-corrected chi connectivity index (χ3v) is 2.92. The third kappa shape index (κ3) is 19.6. The molecule has 0 aliphatic carbocycles. The van der Waals surface area contributed by atoms with Crippen LogP contribution >= 0.6 is 7.60 Å². The van der Waals surface area contributed by atoms with Gasteiger partial charge in [0.1, 0.15) is 6.04 Å². The molecule has 0 aliphatic rings. The van der Waals surface area contributed by atoms with Gasteiger partial charge in [0.25, 0.3) is 0 Å². The largest absolute Gasteiger partial charge is 0.481 e. The molecule has 0 amide bonds. The number of aliphatic carboxylic acids is 2. The Balaban J connectivity index is 0. The molecule has 0 fully saturated rings. The van der Waals surface area contributed by atoms with Gasteiger partial charge in [-0.15, -0.1) is 0 Å². The van der Waals surface area contributed by atoms with Crippen LogP contribution in [0.15, 0.2) is 0 Å². The van der Waals surface area contributed by atoms with Crippen molar-refractivity contribution in [3.05, 3.63) is 0 Å². The Bertz CT molecular complexity index is 315. The Labute approximate surface area is 111 Å². The van der Waals surface area contributed by atoms with Crippen LogP contribution in [0.4, 0.5) is 0 Å². The van der Waals surface area contributed by atoms with E-state index in [-0.39, 0.29) is 19.0 Å². The molecule has 0 aromatic rings. The molecule has 0 heterocycles. The van der Waals surface area contributed by atoms with Gasteiger partial charge in [0.15, 0.2) is 0 Å². The predicted octanol–water partition coefficient (Wildman–Crippen LogP) is 0.617. The Morgan fingerprint density at radius 3 is 2.00 bits per heavy atom. The van der Waals surface area contributed by atoms with Gasteiger partial charge in [0, 0.05) is 12.6 Å². The van der Waals surface area contributed by atoms with Gasteiger partial charge < -0.3 is 25.7 Å². The van der Waals surface area contributed by atoms with Crippen LogP contribution in [-0.4, -0.2) is 44.1 Å². The van der Waals surface area contributed by atoms with Gasteiger partial charge in [0.05, 0.1) is 0 Å². The molecule has 19 heavy (non-hydrogen) atoms. The molecule has 9 heteroatoms. The van der Waals surface area contributed by atoms with E-state index in [9.17, 15) is 14.2 Å². The molecule has 0 bridgehead atoms. The highest BCUT2D eigenvalue weighted by atomic mass is 31.2. The second kappa shape index (κ2) is 10.9. The first-order valence-corrected chi connectivity index (χ1v) is 7.64. The number of hydrogen-bond donors (Lipinski definition) is 5. The molecule has 0 spiro atoms. The van der Waals surface area contributed by atoms with Crippen molar-refractivity contribution in [1.29, 1.82) is 0 Å². The maximum atomic E-state index is 10.3. The summed E-state index contributed by atoms with van der Waals surface area (Å²) in [4.78, 5) is 36.7. The molecule has 114 valence electrons. The molecule has 0 radical (unpaired) electrons.